The fraction of sp³-hybridized carbons (Fsp3) is 0.368. The lowest BCUT2D eigenvalue weighted by atomic mass is 9.88. The molecule has 1 heterocycles. The maximum Gasteiger partial charge on any atom is 0.0557 e. The smallest absolute Gasteiger partial charge is 0.0557 e. The van der Waals surface area contributed by atoms with Crippen LogP contribution < -0.4 is 4.90 Å². The second-order valence-corrected chi connectivity index (χ2v) is 7.49. The van der Waals surface area contributed by atoms with E-state index in [1.807, 2.05) is 30.3 Å². The average Bonchev–Trinajstić information content (AvgIpc) is 2.56. The highest BCUT2D eigenvalue weighted by atomic mass is 35.5. The van der Waals surface area contributed by atoms with Gasteiger partial charge >= 0.3 is 0 Å². The van der Waals surface area contributed by atoms with Crippen LogP contribution in [0.15, 0.2) is 42.5 Å². The number of benzene rings is 2. The van der Waals surface area contributed by atoms with E-state index in [2.05, 4.69) is 17.0 Å². The quantitative estimate of drug-likeness (QED) is 0.617. The summed E-state index contributed by atoms with van der Waals surface area (Å²) in [7, 11) is 1.76. The van der Waals surface area contributed by atoms with Crippen LogP contribution in [0, 0.1) is 5.92 Å². The van der Waals surface area contributed by atoms with Crippen molar-refractivity contribution in [1.82, 2.24) is 0 Å². The molecular weight excluding hydrogens is 365 g/mol. The van der Waals surface area contributed by atoms with Gasteiger partial charge in [-0.1, -0.05) is 40.9 Å². The van der Waals surface area contributed by atoms with Crippen LogP contribution in [-0.2, 0) is 4.74 Å². The molecule has 1 unspecified atom stereocenters. The molecule has 0 spiro atoms. The molecule has 0 N–H and O–H groups in total. The summed E-state index contributed by atoms with van der Waals surface area (Å²) < 4.78 is 5.37. The highest BCUT2D eigenvalue weighted by Crippen LogP contribution is 2.40. The average molecular weight is 385 g/mol. The largest absolute Gasteiger partial charge is 0.384 e. The molecule has 128 valence electrons. The molecule has 3 rings (SSSR count). The molecule has 0 aliphatic carbocycles. The van der Waals surface area contributed by atoms with E-state index >= 15 is 0 Å². The lowest BCUT2D eigenvalue weighted by Crippen LogP contribution is -2.39. The van der Waals surface area contributed by atoms with E-state index in [4.69, 9.17) is 39.5 Å². The number of ether oxygens (including phenoxy) is 1. The van der Waals surface area contributed by atoms with Crippen LogP contribution in [0.1, 0.15) is 24.4 Å². The Morgan fingerprint density at radius 1 is 1.00 bits per heavy atom. The molecule has 1 saturated heterocycles. The summed E-state index contributed by atoms with van der Waals surface area (Å²) in [6, 6.07) is 14.0. The fourth-order valence-corrected chi connectivity index (χ4v) is 4.09. The maximum atomic E-state index is 6.48. The molecule has 2 atom stereocenters. The van der Waals surface area contributed by atoms with Gasteiger partial charge in [-0.2, -0.15) is 0 Å². The van der Waals surface area contributed by atoms with Crippen molar-refractivity contribution in [2.45, 2.75) is 18.9 Å². The van der Waals surface area contributed by atoms with Gasteiger partial charge in [0.1, 0.15) is 0 Å². The lowest BCUT2D eigenvalue weighted by Gasteiger charge is -2.42. The number of nitrogens with zero attached hydrogens (tertiary/aromatic N) is 1. The number of hydrogen-bond acceptors (Lipinski definition) is 2. The first kappa shape index (κ1) is 17.9. The van der Waals surface area contributed by atoms with E-state index in [1.54, 1.807) is 7.11 Å². The molecule has 0 radical (unpaired) electrons. The van der Waals surface area contributed by atoms with Gasteiger partial charge in [0.2, 0.25) is 0 Å². The van der Waals surface area contributed by atoms with Crippen molar-refractivity contribution in [1.29, 1.82) is 0 Å². The zero-order valence-corrected chi connectivity index (χ0v) is 15.8. The van der Waals surface area contributed by atoms with E-state index in [0.717, 1.165) is 47.3 Å². The monoisotopic (exact) mass is 383 g/mol. The van der Waals surface area contributed by atoms with Crippen molar-refractivity contribution in [3.8, 4) is 0 Å². The highest BCUT2D eigenvalue weighted by molar-refractivity contribution is 6.35. The van der Waals surface area contributed by atoms with Crippen molar-refractivity contribution in [3.05, 3.63) is 63.1 Å². The van der Waals surface area contributed by atoms with Crippen LogP contribution in [0.5, 0.6) is 0 Å². The third-order valence-electron chi connectivity index (χ3n) is 4.56. The van der Waals surface area contributed by atoms with Crippen molar-refractivity contribution in [2.75, 3.05) is 25.2 Å². The van der Waals surface area contributed by atoms with Gasteiger partial charge in [0, 0.05) is 34.4 Å². The Labute approximate surface area is 158 Å². The van der Waals surface area contributed by atoms with E-state index in [0.29, 0.717) is 10.9 Å². The van der Waals surface area contributed by atoms with E-state index < -0.39 is 0 Å². The molecular formula is C19H20Cl3NO. The van der Waals surface area contributed by atoms with Crippen molar-refractivity contribution < 1.29 is 4.74 Å². The van der Waals surface area contributed by atoms with E-state index in [-0.39, 0.29) is 6.04 Å². The van der Waals surface area contributed by atoms with E-state index in [1.165, 1.54) is 0 Å². The Bertz CT molecular complexity index is 690. The molecule has 1 aliphatic heterocycles. The number of halogens is 3. The molecule has 0 amide bonds. The Balaban J connectivity index is 1.94. The van der Waals surface area contributed by atoms with Crippen LogP contribution in [0.3, 0.4) is 0 Å². The minimum absolute atomic E-state index is 0.226. The minimum Gasteiger partial charge on any atom is -0.384 e. The third kappa shape index (κ3) is 4.00. The fourth-order valence-electron chi connectivity index (χ4n) is 3.43. The summed E-state index contributed by atoms with van der Waals surface area (Å²) in [5.74, 6) is 0.507. The van der Waals surface area contributed by atoms with Gasteiger partial charge in [-0.15, -0.1) is 0 Å². The molecule has 24 heavy (non-hydrogen) atoms. The molecule has 5 heteroatoms. The first-order valence-electron chi connectivity index (χ1n) is 8.04. The molecule has 1 fully saturated rings. The van der Waals surface area contributed by atoms with Crippen molar-refractivity contribution in [3.63, 3.8) is 0 Å². The standard InChI is InChI=1S/C19H20Cl3NO/c1-24-12-13-2-9-19(17-8-5-15(21)10-18(17)22)23(11-13)16-6-3-14(20)4-7-16/h3-8,10,13,19H,2,9,11-12H2,1H3/t13-,19?/m1/s1. The molecule has 2 aromatic carbocycles. The number of methoxy groups -OCH3 is 1. The second-order valence-electron chi connectivity index (χ2n) is 6.21. The van der Waals surface area contributed by atoms with Crippen LogP contribution in [0.25, 0.3) is 0 Å². The molecule has 1 aliphatic rings. The SMILES string of the molecule is COC[C@@H]1CCC(c2ccc(Cl)cc2Cl)N(c2ccc(Cl)cc2)C1. The molecule has 0 aromatic heterocycles. The molecule has 0 saturated carbocycles. The first-order chi connectivity index (χ1) is 11.6. The summed E-state index contributed by atoms with van der Waals surface area (Å²) in [5.41, 5.74) is 2.27. The third-order valence-corrected chi connectivity index (χ3v) is 5.38. The van der Waals surface area contributed by atoms with Crippen LogP contribution in [-0.4, -0.2) is 20.3 Å². The maximum absolute atomic E-state index is 6.48. The topological polar surface area (TPSA) is 12.5 Å². The van der Waals surface area contributed by atoms with Gasteiger partial charge in [-0.25, -0.2) is 0 Å². The highest BCUT2D eigenvalue weighted by Gasteiger charge is 2.30. The van der Waals surface area contributed by atoms with Crippen LogP contribution in [0.4, 0.5) is 5.69 Å². The van der Waals surface area contributed by atoms with Gasteiger partial charge in [0.25, 0.3) is 0 Å². The Hall–Kier alpha value is -0.930. The van der Waals surface area contributed by atoms with Crippen LogP contribution >= 0.6 is 34.8 Å². The van der Waals surface area contributed by atoms with Gasteiger partial charge in [-0.05, 0) is 60.7 Å². The molecule has 2 aromatic rings. The summed E-state index contributed by atoms with van der Waals surface area (Å²) in [6.07, 6.45) is 2.14. The summed E-state index contributed by atoms with van der Waals surface area (Å²) in [6.45, 7) is 1.70. The van der Waals surface area contributed by atoms with Gasteiger partial charge in [-0.3, -0.25) is 0 Å². The zero-order valence-electron chi connectivity index (χ0n) is 13.5. The summed E-state index contributed by atoms with van der Waals surface area (Å²) in [4.78, 5) is 2.40. The predicted molar refractivity (Wildman–Crippen MR) is 103 cm³/mol. The predicted octanol–water partition coefficient (Wildman–Crippen LogP) is 6.25. The zero-order chi connectivity index (χ0) is 17.1. The summed E-state index contributed by atoms with van der Waals surface area (Å²) >= 11 is 18.6. The Kier molecular flexibility index (Phi) is 5.93. The molecule has 2 nitrogen and oxygen atoms in total. The van der Waals surface area contributed by atoms with Crippen LogP contribution in [0.2, 0.25) is 15.1 Å². The Morgan fingerprint density at radius 3 is 2.38 bits per heavy atom. The Morgan fingerprint density at radius 2 is 1.71 bits per heavy atom. The lowest BCUT2D eigenvalue weighted by molar-refractivity contribution is 0.137. The normalized spacial score (nSPS) is 21.1. The first-order valence-corrected chi connectivity index (χ1v) is 9.18. The minimum atomic E-state index is 0.226. The second kappa shape index (κ2) is 7.97. The number of hydrogen-bond donors (Lipinski definition) is 0. The number of anilines is 1. The van der Waals surface area contributed by atoms with E-state index in [9.17, 15) is 0 Å². The number of piperidine rings is 1. The van der Waals surface area contributed by atoms with Gasteiger partial charge < -0.3 is 9.64 Å². The molecule has 0 bridgehead atoms. The van der Waals surface area contributed by atoms with Crippen molar-refractivity contribution >= 4 is 40.5 Å². The number of rotatable bonds is 4. The van der Waals surface area contributed by atoms with Gasteiger partial charge in [0.15, 0.2) is 0 Å². The van der Waals surface area contributed by atoms with Gasteiger partial charge in [0.05, 0.1) is 12.6 Å². The summed E-state index contributed by atoms with van der Waals surface area (Å²) in [5, 5.41) is 2.12. The van der Waals surface area contributed by atoms with Crippen molar-refractivity contribution in [2.24, 2.45) is 5.92 Å².